The number of hydrogen-bond acceptors (Lipinski definition) is 3. The number of aryl methyl sites for hydroxylation is 1. The van der Waals surface area contributed by atoms with E-state index in [9.17, 15) is 4.79 Å². The maximum absolute atomic E-state index is 12.2. The van der Waals surface area contributed by atoms with E-state index in [0.717, 1.165) is 12.3 Å². The molecule has 3 unspecified atom stereocenters. The number of carbonyl (C=O) groups excluding carboxylic acids is 1. The Labute approximate surface area is 113 Å². The molecule has 3 atom stereocenters. The summed E-state index contributed by atoms with van der Waals surface area (Å²) in [7, 11) is 1.85. The number of rotatable bonds is 2. The second-order valence-electron chi connectivity index (χ2n) is 5.81. The molecule has 1 aliphatic heterocycles. The van der Waals surface area contributed by atoms with Gasteiger partial charge in [0.15, 0.2) is 5.82 Å². The summed E-state index contributed by atoms with van der Waals surface area (Å²) in [6, 6.07) is 2.31. The molecule has 19 heavy (non-hydrogen) atoms. The first-order valence-electron chi connectivity index (χ1n) is 7.29. The quantitative estimate of drug-likeness (QED) is 0.852. The number of anilines is 1. The fourth-order valence-corrected chi connectivity index (χ4v) is 3.40. The molecule has 2 fully saturated rings. The fraction of sp³-hybridized carbons (Fsp3) is 0.714. The Kier molecular flexibility index (Phi) is 3.55. The molecule has 5 heteroatoms. The average Bonchev–Trinajstić information content (AvgIpc) is 2.83. The van der Waals surface area contributed by atoms with Crippen molar-refractivity contribution in [1.29, 1.82) is 0 Å². The largest absolute Gasteiger partial charge is 0.308 e. The lowest BCUT2D eigenvalue weighted by Crippen LogP contribution is -2.53. The van der Waals surface area contributed by atoms with Crippen molar-refractivity contribution in [1.82, 2.24) is 15.1 Å². The smallest absolute Gasteiger partial charge is 0.242 e. The van der Waals surface area contributed by atoms with Gasteiger partial charge in [0.25, 0.3) is 0 Å². The van der Waals surface area contributed by atoms with E-state index < -0.39 is 0 Å². The highest BCUT2D eigenvalue weighted by atomic mass is 16.2. The van der Waals surface area contributed by atoms with Crippen molar-refractivity contribution in [2.45, 2.75) is 50.6 Å². The van der Waals surface area contributed by atoms with E-state index in [1.54, 1.807) is 4.68 Å². The predicted octanol–water partition coefficient (Wildman–Crippen LogP) is 1.67. The summed E-state index contributed by atoms with van der Waals surface area (Å²) in [5.41, 5.74) is 0. The van der Waals surface area contributed by atoms with Crippen LogP contribution in [0.2, 0.25) is 0 Å². The number of amides is 1. The van der Waals surface area contributed by atoms with Crippen LogP contribution in [0.1, 0.15) is 38.5 Å². The molecule has 2 N–H and O–H groups in total. The zero-order chi connectivity index (χ0) is 13.2. The molecule has 1 aromatic heterocycles. The van der Waals surface area contributed by atoms with Gasteiger partial charge in [-0.15, -0.1) is 0 Å². The lowest BCUT2D eigenvalue weighted by molar-refractivity contribution is -0.119. The van der Waals surface area contributed by atoms with Gasteiger partial charge in [-0.3, -0.25) is 9.48 Å². The molecule has 0 spiro atoms. The number of piperidine rings is 1. The first-order chi connectivity index (χ1) is 9.22. The molecule has 1 aromatic rings. The Balaban J connectivity index is 1.58. The van der Waals surface area contributed by atoms with Crippen LogP contribution >= 0.6 is 0 Å². The van der Waals surface area contributed by atoms with Crippen LogP contribution in [0.4, 0.5) is 5.82 Å². The van der Waals surface area contributed by atoms with E-state index in [2.05, 4.69) is 15.7 Å². The summed E-state index contributed by atoms with van der Waals surface area (Å²) < 4.78 is 1.70. The standard InChI is InChI=1S/C14H22N4O/c1-18-9-8-13(17-18)16-14(19)12-7-6-10-4-2-3-5-11(10)15-12/h8-12,15H,2-7H2,1H3,(H,16,17,19). The number of fused-ring (bicyclic) bond motifs is 1. The summed E-state index contributed by atoms with van der Waals surface area (Å²) in [4.78, 5) is 12.2. The Hall–Kier alpha value is -1.36. The molecule has 0 radical (unpaired) electrons. The molecule has 3 rings (SSSR count). The van der Waals surface area contributed by atoms with E-state index in [4.69, 9.17) is 0 Å². The molecular weight excluding hydrogens is 240 g/mol. The van der Waals surface area contributed by atoms with Crippen LogP contribution in [-0.2, 0) is 11.8 Å². The molecule has 2 heterocycles. The molecule has 1 saturated heterocycles. The minimum absolute atomic E-state index is 0.0543. The lowest BCUT2D eigenvalue weighted by atomic mass is 9.77. The third-order valence-corrected chi connectivity index (χ3v) is 4.43. The van der Waals surface area contributed by atoms with Crippen LogP contribution < -0.4 is 10.6 Å². The van der Waals surface area contributed by atoms with Gasteiger partial charge in [-0.1, -0.05) is 12.8 Å². The van der Waals surface area contributed by atoms with E-state index in [0.29, 0.717) is 11.9 Å². The molecule has 1 amide bonds. The monoisotopic (exact) mass is 262 g/mol. The van der Waals surface area contributed by atoms with Crippen LogP contribution in [0, 0.1) is 5.92 Å². The van der Waals surface area contributed by atoms with Gasteiger partial charge < -0.3 is 10.6 Å². The Morgan fingerprint density at radius 2 is 2.21 bits per heavy atom. The first-order valence-corrected chi connectivity index (χ1v) is 7.29. The normalized spacial score (nSPS) is 30.7. The Morgan fingerprint density at radius 1 is 1.37 bits per heavy atom. The van der Waals surface area contributed by atoms with Crippen molar-refractivity contribution in [2.75, 3.05) is 5.32 Å². The van der Waals surface area contributed by atoms with E-state index >= 15 is 0 Å². The van der Waals surface area contributed by atoms with Crippen molar-refractivity contribution < 1.29 is 4.79 Å². The summed E-state index contributed by atoms with van der Waals surface area (Å²) >= 11 is 0. The van der Waals surface area contributed by atoms with Gasteiger partial charge in [0.1, 0.15) is 0 Å². The Bertz CT molecular complexity index is 456. The summed E-state index contributed by atoms with van der Waals surface area (Å²) in [5, 5.41) is 10.6. The van der Waals surface area contributed by atoms with Gasteiger partial charge in [-0.25, -0.2) is 0 Å². The molecule has 0 aromatic carbocycles. The van der Waals surface area contributed by atoms with Crippen LogP contribution in [-0.4, -0.2) is 27.8 Å². The number of hydrogen-bond donors (Lipinski definition) is 2. The first kappa shape index (κ1) is 12.7. The highest BCUT2D eigenvalue weighted by Gasteiger charge is 2.34. The fourth-order valence-electron chi connectivity index (χ4n) is 3.40. The third kappa shape index (κ3) is 2.81. The molecule has 5 nitrogen and oxygen atoms in total. The molecular formula is C14H22N4O. The van der Waals surface area contributed by atoms with Gasteiger partial charge in [0.05, 0.1) is 6.04 Å². The molecule has 2 aliphatic rings. The zero-order valence-electron chi connectivity index (χ0n) is 11.4. The minimum Gasteiger partial charge on any atom is -0.308 e. The summed E-state index contributed by atoms with van der Waals surface area (Å²) in [5.74, 6) is 1.48. The second-order valence-corrected chi connectivity index (χ2v) is 5.81. The van der Waals surface area contributed by atoms with Gasteiger partial charge in [-0.05, 0) is 31.6 Å². The van der Waals surface area contributed by atoms with Crippen LogP contribution in [0.25, 0.3) is 0 Å². The van der Waals surface area contributed by atoms with Crippen LogP contribution in [0.3, 0.4) is 0 Å². The van der Waals surface area contributed by atoms with Gasteiger partial charge in [0.2, 0.25) is 5.91 Å². The molecule has 0 bridgehead atoms. The van der Waals surface area contributed by atoms with Crippen molar-refractivity contribution in [2.24, 2.45) is 13.0 Å². The highest BCUT2D eigenvalue weighted by Crippen LogP contribution is 2.32. The third-order valence-electron chi connectivity index (χ3n) is 4.43. The minimum atomic E-state index is -0.0543. The van der Waals surface area contributed by atoms with Crippen LogP contribution in [0.15, 0.2) is 12.3 Å². The average molecular weight is 262 g/mol. The number of nitrogens with one attached hydrogen (secondary N) is 2. The maximum atomic E-state index is 12.2. The van der Waals surface area contributed by atoms with Crippen molar-refractivity contribution in [3.8, 4) is 0 Å². The lowest BCUT2D eigenvalue weighted by Gasteiger charge is -2.39. The van der Waals surface area contributed by atoms with Gasteiger partial charge in [-0.2, -0.15) is 5.10 Å². The molecule has 104 valence electrons. The summed E-state index contributed by atoms with van der Waals surface area (Å²) in [6.45, 7) is 0. The second kappa shape index (κ2) is 5.33. The van der Waals surface area contributed by atoms with E-state index in [1.807, 2.05) is 19.3 Å². The summed E-state index contributed by atoms with van der Waals surface area (Å²) in [6.07, 6.45) is 9.15. The van der Waals surface area contributed by atoms with Gasteiger partial charge in [0, 0.05) is 25.4 Å². The SMILES string of the molecule is Cn1ccc(NC(=O)C2CCC3CCCCC3N2)n1. The van der Waals surface area contributed by atoms with E-state index in [-0.39, 0.29) is 11.9 Å². The number of aromatic nitrogens is 2. The molecule has 1 aliphatic carbocycles. The zero-order valence-corrected chi connectivity index (χ0v) is 11.4. The van der Waals surface area contributed by atoms with Crippen molar-refractivity contribution in [3.63, 3.8) is 0 Å². The Morgan fingerprint density at radius 3 is 3.00 bits per heavy atom. The predicted molar refractivity (Wildman–Crippen MR) is 73.7 cm³/mol. The molecule has 1 saturated carbocycles. The van der Waals surface area contributed by atoms with E-state index in [1.165, 1.54) is 32.1 Å². The topological polar surface area (TPSA) is 59.0 Å². The van der Waals surface area contributed by atoms with Gasteiger partial charge >= 0.3 is 0 Å². The number of nitrogens with zero attached hydrogens (tertiary/aromatic N) is 2. The maximum Gasteiger partial charge on any atom is 0.242 e. The van der Waals surface area contributed by atoms with Crippen molar-refractivity contribution in [3.05, 3.63) is 12.3 Å². The van der Waals surface area contributed by atoms with Crippen LogP contribution in [0.5, 0.6) is 0 Å². The number of carbonyl (C=O) groups is 1. The highest BCUT2D eigenvalue weighted by molar-refractivity contribution is 5.94. The van der Waals surface area contributed by atoms with Crippen molar-refractivity contribution >= 4 is 11.7 Å².